The van der Waals surface area contributed by atoms with Crippen molar-refractivity contribution in [3.8, 4) is 34.0 Å². The van der Waals surface area contributed by atoms with E-state index < -0.39 is 5.91 Å². The average Bonchev–Trinajstić information content (AvgIpc) is 3.37. The van der Waals surface area contributed by atoms with Gasteiger partial charge in [0.2, 0.25) is 5.91 Å². The van der Waals surface area contributed by atoms with Gasteiger partial charge in [-0.1, -0.05) is 48.2 Å². The zero-order chi connectivity index (χ0) is 25.8. The molecule has 0 radical (unpaired) electrons. The molecule has 1 heterocycles. The van der Waals surface area contributed by atoms with Crippen LogP contribution in [-0.2, 0) is 6.42 Å². The third kappa shape index (κ3) is 5.17. The van der Waals surface area contributed by atoms with Crippen LogP contribution in [0.4, 0.5) is 0 Å². The highest BCUT2D eigenvalue weighted by Gasteiger charge is 2.16. The Morgan fingerprint density at radius 3 is 2.16 bits per heavy atom. The van der Waals surface area contributed by atoms with Crippen LogP contribution < -0.4 is 15.2 Å². The molecule has 6 nitrogen and oxygen atoms in total. The number of nitrogens with two attached hydrogens (primary N) is 1. The zero-order valence-electron chi connectivity index (χ0n) is 20.7. The highest BCUT2D eigenvalue weighted by molar-refractivity contribution is 7.99. The molecule has 5 rings (SSSR count). The van der Waals surface area contributed by atoms with Crippen LogP contribution in [0.15, 0.2) is 90.1 Å². The zero-order valence-corrected chi connectivity index (χ0v) is 21.5. The van der Waals surface area contributed by atoms with Gasteiger partial charge in [0, 0.05) is 16.9 Å². The van der Waals surface area contributed by atoms with Crippen molar-refractivity contribution >= 4 is 28.4 Å². The van der Waals surface area contributed by atoms with Crippen LogP contribution >= 0.6 is 11.8 Å². The summed E-state index contributed by atoms with van der Waals surface area (Å²) in [5.74, 6) is 1.92. The Kier molecular flexibility index (Phi) is 7.14. The van der Waals surface area contributed by atoms with Crippen molar-refractivity contribution in [1.82, 2.24) is 9.97 Å². The van der Waals surface area contributed by atoms with Gasteiger partial charge in [-0.15, -0.1) is 0 Å². The molecule has 37 heavy (non-hydrogen) atoms. The maximum absolute atomic E-state index is 12.3. The number of ether oxygens (including phenoxy) is 2. The third-order valence-corrected chi connectivity index (χ3v) is 7.17. The number of benzene rings is 4. The molecule has 0 unspecified atom stereocenters. The number of carbonyl (C=O) groups excluding carboxylic acids is 1. The van der Waals surface area contributed by atoms with Crippen molar-refractivity contribution in [3.05, 3.63) is 96.1 Å². The van der Waals surface area contributed by atoms with Crippen LogP contribution in [0, 0.1) is 0 Å². The number of rotatable bonds is 9. The van der Waals surface area contributed by atoms with Crippen molar-refractivity contribution in [3.63, 3.8) is 0 Å². The first-order chi connectivity index (χ1) is 18.1. The first-order valence-electron chi connectivity index (χ1n) is 11.9. The molecule has 1 aromatic heterocycles. The Morgan fingerprint density at radius 1 is 0.865 bits per heavy atom. The van der Waals surface area contributed by atoms with E-state index in [1.807, 2.05) is 84.9 Å². The summed E-state index contributed by atoms with van der Waals surface area (Å²) in [6.07, 6.45) is 0.685. The number of methoxy groups -OCH3 is 2. The molecule has 0 fully saturated rings. The molecular weight excluding hydrogens is 482 g/mol. The second-order valence-electron chi connectivity index (χ2n) is 8.51. The molecule has 1 amide bonds. The van der Waals surface area contributed by atoms with Crippen LogP contribution in [0.1, 0.15) is 15.9 Å². The Balaban J connectivity index is 1.43. The minimum Gasteiger partial charge on any atom is -0.497 e. The van der Waals surface area contributed by atoms with Gasteiger partial charge in [-0.2, -0.15) is 0 Å². The van der Waals surface area contributed by atoms with E-state index in [1.54, 1.807) is 26.0 Å². The van der Waals surface area contributed by atoms with Gasteiger partial charge in [-0.05, 0) is 71.3 Å². The van der Waals surface area contributed by atoms with Crippen molar-refractivity contribution in [2.24, 2.45) is 5.73 Å². The van der Waals surface area contributed by atoms with Crippen LogP contribution in [0.2, 0.25) is 0 Å². The molecule has 0 saturated carbocycles. The Bertz CT molecular complexity index is 1480. The number of thioether (sulfide) groups is 1. The number of fused-ring (bicyclic) bond motifs is 1. The number of aromatic nitrogens is 2. The van der Waals surface area contributed by atoms with Crippen molar-refractivity contribution in [1.29, 1.82) is 0 Å². The molecule has 0 spiro atoms. The number of hydrogen-bond donors (Lipinski definition) is 2. The first-order valence-corrected chi connectivity index (χ1v) is 12.9. The monoisotopic (exact) mass is 509 g/mol. The van der Waals surface area contributed by atoms with Gasteiger partial charge in [0.25, 0.3) is 0 Å². The number of aromatic amines is 1. The van der Waals surface area contributed by atoms with E-state index in [2.05, 4.69) is 4.98 Å². The van der Waals surface area contributed by atoms with Crippen LogP contribution in [-0.4, -0.2) is 35.8 Å². The molecule has 7 heteroatoms. The molecule has 0 saturated heterocycles. The summed E-state index contributed by atoms with van der Waals surface area (Å²) < 4.78 is 10.6. The van der Waals surface area contributed by atoms with Gasteiger partial charge in [0.1, 0.15) is 11.5 Å². The van der Waals surface area contributed by atoms with E-state index in [0.29, 0.717) is 12.0 Å². The fourth-order valence-electron chi connectivity index (χ4n) is 4.42. The van der Waals surface area contributed by atoms with Crippen LogP contribution in [0.3, 0.4) is 0 Å². The van der Waals surface area contributed by atoms with Gasteiger partial charge < -0.3 is 20.2 Å². The highest BCUT2D eigenvalue weighted by Crippen LogP contribution is 2.34. The summed E-state index contributed by atoms with van der Waals surface area (Å²) in [6.45, 7) is 0. The normalized spacial score (nSPS) is 11.0. The number of primary amides is 1. The predicted octanol–water partition coefficient (Wildman–Crippen LogP) is 6.35. The smallest absolute Gasteiger partial charge is 0.249 e. The van der Waals surface area contributed by atoms with E-state index in [9.17, 15) is 4.79 Å². The van der Waals surface area contributed by atoms with Gasteiger partial charge in [-0.3, -0.25) is 4.79 Å². The van der Waals surface area contributed by atoms with Gasteiger partial charge in [0.15, 0.2) is 5.16 Å². The summed E-state index contributed by atoms with van der Waals surface area (Å²) >= 11 is 1.61. The van der Waals surface area contributed by atoms with Gasteiger partial charge >= 0.3 is 0 Å². The van der Waals surface area contributed by atoms with E-state index in [0.717, 1.165) is 61.3 Å². The second kappa shape index (κ2) is 10.8. The largest absolute Gasteiger partial charge is 0.497 e. The SMILES string of the molecule is COc1ccc(-c2nc(SCCc3ccc4ccccc4c3C(N)=O)[nH]c2-c2ccc(OC)cc2)cc1. The van der Waals surface area contributed by atoms with Crippen molar-refractivity contribution in [2.45, 2.75) is 11.6 Å². The minimum absolute atomic E-state index is 0.404. The lowest BCUT2D eigenvalue weighted by molar-refractivity contribution is 0.100. The lowest BCUT2D eigenvalue weighted by Crippen LogP contribution is -2.15. The molecule has 0 aliphatic rings. The fourth-order valence-corrected chi connectivity index (χ4v) is 5.26. The quantitative estimate of drug-likeness (QED) is 0.226. The standard InChI is InChI=1S/C30H27N3O3S/c1-35-23-13-9-21(10-14-23)27-28(22-11-15-24(36-2)16-12-22)33-30(32-27)37-18-17-20-8-7-19-5-3-4-6-25(19)26(20)29(31)34/h3-16H,17-18H2,1-2H3,(H2,31,34)(H,32,33). The number of nitrogens with zero attached hydrogens (tertiary/aromatic N) is 1. The third-order valence-electron chi connectivity index (χ3n) is 6.30. The molecule has 3 N–H and O–H groups in total. The fraction of sp³-hybridized carbons (Fsp3) is 0.133. The maximum Gasteiger partial charge on any atom is 0.249 e. The summed E-state index contributed by atoms with van der Waals surface area (Å²) in [5.41, 5.74) is 11.1. The summed E-state index contributed by atoms with van der Waals surface area (Å²) in [4.78, 5) is 20.7. The van der Waals surface area contributed by atoms with E-state index in [4.69, 9.17) is 20.2 Å². The first kappa shape index (κ1) is 24.5. The Morgan fingerprint density at radius 2 is 1.51 bits per heavy atom. The summed E-state index contributed by atoms with van der Waals surface area (Å²) in [5, 5.41) is 2.70. The Hall–Kier alpha value is -4.23. The van der Waals surface area contributed by atoms with Crippen LogP contribution in [0.5, 0.6) is 11.5 Å². The molecule has 5 aromatic rings. The minimum atomic E-state index is -0.404. The summed E-state index contributed by atoms with van der Waals surface area (Å²) in [6, 6.07) is 27.6. The van der Waals surface area contributed by atoms with E-state index in [-0.39, 0.29) is 0 Å². The highest BCUT2D eigenvalue weighted by atomic mass is 32.2. The number of carbonyl (C=O) groups is 1. The Labute approximate surface area is 219 Å². The van der Waals surface area contributed by atoms with E-state index in [1.165, 1.54) is 0 Å². The predicted molar refractivity (Wildman–Crippen MR) is 149 cm³/mol. The van der Waals surface area contributed by atoms with E-state index >= 15 is 0 Å². The molecule has 0 atom stereocenters. The molecule has 4 aromatic carbocycles. The molecular formula is C30H27N3O3S. The number of amides is 1. The summed E-state index contributed by atoms with van der Waals surface area (Å²) in [7, 11) is 3.31. The average molecular weight is 510 g/mol. The number of nitrogens with one attached hydrogen (secondary N) is 1. The molecule has 186 valence electrons. The number of imidazole rings is 1. The van der Waals surface area contributed by atoms with Crippen molar-refractivity contribution < 1.29 is 14.3 Å². The topological polar surface area (TPSA) is 90.2 Å². The molecule has 0 aliphatic heterocycles. The number of H-pyrrole nitrogens is 1. The number of hydrogen-bond acceptors (Lipinski definition) is 5. The van der Waals surface area contributed by atoms with Gasteiger partial charge in [-0.25, -0.2) is 4.98 Å². The molecule has 0 bridgehead atoms. The number of aryl methyl sites for hydroxylation is 1. The lowest BCUT2D eigenvalue weighted by Gasteiger charge is -2.10. The van der Waals surface area contributed by atoms with Crippen molar-refractivity contribution in [2.75, 3.05) is 20.0 Å². The second-order valence-corrected chi connectivity index (χ2v) is 9.59. The van der Waals surface area contributed by atoms with Gasteiger partial charge in [0.05, 0.1) is 31.2 Å². The van der Waals surface area contributed by atoms with Crippen LogP contribution in [0.25, 0.3) is 33.3 Å². The molecule has 0 aliphatic carbocycles. The maximum atomic E-state index is 12.3. The lowest BCUT2D eigenvalue weighted by atomic mass is 9.97.